The summed E-state index contributed by atoms with van der Waals surface area (Å²) in [6, 6.07) is 3.33. The normalized spacial score (nSPS) is 9.00. The Kier molecular flexibility index (Phi) is 4.34. The summed E-state index contributed by atoms with van der Waals surface area (Å²) in [6.45, 7) is 1.47. The molecule has 1 rings (SSSR count). The van der Waals surface area contributed by atoms with Crippen molar-refractivity contribution in [3.05, 3.63) is 21.9 Å². The first-order valence-electron chi connectivity index (χ1n) is 3.41. The predicted molar refractivity (Wildman–Crippen MR) is 52.4 cm³/mol. The molecule has 0 aliphatic heterocycles. The smallest absolute Gasteiger partial charge is 0.308 e. The third kappa shape index (κ3) is 3.38. The van der Waals surface area contributed by atoms with Crippen LogP contribution in [0.5, 0.6) is 0 Å². The molecule has 0 unspecified atom stereocenters. The first kappa shape index (κ1) is 11.8. The van der Waals surface area contributed by atoms with E-state index >= 15 is 0 Å². The fraction of sp³-hybridized carbons (Fsp3) is 0.333. The zero-order valence-electron chi connectivity index (χ0n) is 6.53. The number of carboxylic acid groups (broad SMARTS) is 1. The van der Waals surface area contributed by atoms with Gasteiger partial charge in [0.15, 0.2) is 5.78 Å². The van der Waals surface area contributed by atoms with Crippen LogP contribution in [0.3, 0.4) is 0 Å². The van der Waals surface area contributed by atoms with Crippen LogP contribution in [0.2, 0.25) is 0 Å². The number of rotatable bonds is 3. The molecule has 0 saturated heterocycles. The summed E-state index contributed by atoms with van der Waals surface area (Å²) in [5.41, 5.74) is 0. The molecule has 0 radical (unpaired) electrons. The van der Waals surface area contributed by atoms with Gasteiger partial charge in [0.05, 0.1) is 11.3 Å². The number of Topliss-reactive ketones (excluding diaryl/α,β-unsaturated/α-hetero) is 1. The molecule has 1 heterocycles. The molecular weight excluding hydrogens is 188 g/mol. The molecule has 4 heteroatoms. The Hall–Kier alpha value is -1.16. The summed E-state index contributed by atoms with van der Waals surface area (Å²) in [6.07, 6.45) is -0.00204. The molecule has 0 bridgehead atoms. The minimum atomic E-state index is -0.869. The first-order valence-corrected chi connectivity index (χ1v) is 4.22. The number of hydrogen-bond donors (Lipinski definition) is 1. The van der Waals surface area contributed by atoms with Crippen LogP contribution in [0.4, 0.5) is 0 Å². The van der Waals surface area contributed by atoms with E-state index in [1.54, 1.807) is 12.1 Å². The molecule has 0 aliphatic rings. The molecule has 0 spiro atoms. The van der Waals surface area contributed by atoms with Crippen molar-refractivity contribution in [1.82, 2.24) is 0 Å². The Morgan fingerprint density at radius 3 is 2.46 bits per heavy atom. The summed E-state index contributed by atoms with van der Waals surface area (Å²) >= 11 is 1.24. The average Bonchev–Trinajstić information content (AvgIpc) is 2.34. The van der Waals surface area contributed by atoms with Crippen LogP contribution in [0, 0.1) is 0 Å². The van der Waals surface area contributed by atoms with E-state index < -0.39 is 5.97 Å². The topological polar surface area (TPSA) is 54.4 Å². The average molecular weight is 200 g/mol. The molecule has 0 aromatic carbocycles. The van der Waals surface area contributed by atoms with Crippen LogP contribution < -0.4 is 0 Å². The van der Waals surface area contributed by atoms with E-state index in [1.807, 2.05) is 0 Å². The van der Waals surface area contributed by atoms with Crippen molar-refractivity contribution in [2.45, 2.75) is 20.8 Å². The third-order valence-corrected chi connectivity index (χ3v) is 2.52. The number of ketones is 1. The van der Waals surface area contributed by atoms with Gasteiger partial charge in [0, 0.05) is 4.88 Å². The molecule has 1 aromatic rings. The van der Waals surface area contributed by atoms with Crippen molar-refractivity contribution in [2.75, 3.05) is 0 Å². The second-order valence-electron chi connectivity index (χ2n) is 2.39. The molecule has 1 N–H and O–H groups in total. The van der Waals surface area contributed by atoms with Gasteiger partial charge < -0.3 is 5.11 Å². The van der Waals surface area contributed by atoms with Gasteiger partial charge in [-0.1, -0.05) is 7.43 Å². The van der Waals surface area contributed by atoms with Crippen molar-refractivity contribution < 1.29 is 14.7 Å². The quantitative estimate of drug-likeness (QED) is 0.761. The van der Waals surface area contributed by atoms with Crippen LogP contribution in [0.15, 0.2) is 12.1 Å². The predicted octanol–water partition coefficient (Wildman–Crippen LogP) is 2.21. The molecule has 0 fully saturated rings. The van der Waals surface area contributed by atoms with Gasteiger partial charge in [0.2, 0.25) is 0 Å². The fourth-order valence-electron chi connectivity index (χ4n) is 0.811. The van der Waals surface area contributed by atoms with Crippen LogP contribution in [-0.4, -0.2) is 16.9 Å². The number of aliphatic carboxylic acids is 1. The monoisotopic (exact) mass is 200 g/mol. The molecule has 0 aliphatic carbocycles. The van der Waals surface area contributed by atoms with Crippen molar-refractivity contribution >= 4 is 23.1 Å². The van der Waals surface area contributed by atoms with Gasteiger partial charge in [-0.25, -0.2) is 0 Å². The highest BCUT2D eigenvalue weighted by Gasteiger charge is 2.06. The minimum Gasteiger partial charge on any atom is -0.481 e. The van der Waals surface area contributed by atoms with E-state index in [1.165, 1.54) is 18.3 Å². The highest BCUT2D eigenvalue weighted by atomic mass is 32.1. The summed E-state index contributed by atoms with van der Waals surface area (Å²) < 4.78 is 0. The van der Waals surface area contributed by atoms with E-state index in [-0.39, 0.29) is 19.6 Å². The lowest BCUT2D eigenvalue weighted by atomic mass is 10.3. The highest BCUT2D eigenvalue weighted by Crippen LogP contribution is 2.17. The Labute approximate surface area is 81.0 Å². The fourth-order valence-corrected chi connectivity index (χ4v) is 1.71. The molecule has 3 nitrogen and oxygen atoms in total. The minimum absolute atomic E-state index is 0. The number of carbonyl (C=O) groups is 2. The molecule has 0 amide bonds. The van der Waals surface area contributed by atoms with Gasteiger partial charge >= 0.3 is 5.97 Å². The summed E-state index contributed by atoms with van der Waals surface area (Å²) in [4.78, 5) is 22.4. The Balaban J connectivity index is 0.00000144. The Morgan fingerprint density at radius 1 is 1.46 bits per heavy atom. The van der Waals surface area contributed by atoms with Gasteiger partial charge in [-0.2, -0.15) is 0 Å². The van der Waals surface area contributed by atoms with E-state index in [4.69, 9.17) is 5.11 Å². The van der Waals surface area contributed by atoms with Crippen LogP contribution in [-0.2, 0) is 11.2 Å². The number of thiophene rings is 1. The SMILES string of the molecule is C.CC(=O)c1ccc(CC(=O)O)s1. The third-order valence-electron chi connectivity index (χ3n) is 1.33. The number of carboxylic acids is 1. The molecule has 0 atom stereocenters. The van der Waals surface area contributed by atoms with Gasteiger partial charge in [-0.15, -0.1) is 11.3 Å². The van der Waals surface area contributed by atoms with Crippen molar-refractivity contribution in [3.63, 3.8) is 0 Å². The molecule has 1 aromatic heterocycles. The van der Waals surface area contributed by atoms with E-state index in [2.05, 4.69) is 0 Å². The van der Waals surface area contributed by atoms with E-state index in [9.17, 15) is 9.59 Å². The zero-order valence-corrected chi connectivity index (χ0v) is 7.35. The molecule has 72 valence electrons. The Bertz CT molecular complexity index is 314. The van der Waals surface area contributed by atoms with Gasteiger partial charge in [-0.05, 0) is 19.1 Å². The zero-order chi connectivity index (χ0) is 9.14. The van der Waals surface area contributed by atoms with Crippen molar-refractivity contribution in [3.8, 4) is 0 Å². The maximum absolute atomic E-state index is 10.8. The van der Waals surface area contributed by atoms with Gasteiger partial charge in [0.1, 0.15) is 0 Å². The summed E-state index contributed by atoms with van der Waals surface area (Å²) in [5.74, 6) is -0.886. The van der Waals surface area contributed by atoms with Crippen LogP contribution in [0.25, 0.3) is 0 Å². The first-order chi connectivity index (χ1) is 5.59. The lowest BCUT2D eigenvalue weighted by molar-refractivity contribution is -0.136. The second kappa shape index (κ2) is 4.77. The molecular formula is C9H12O3S. The number of hydrogen-bond acceptors (Lipinski definition) is 3. The van der Waals surface area contributed by atoms with E-state index in [0.717, 1.165) is 0 Å². The maximum Gasteiger partial charge on any atom is 0.308 e. The van der Waals surface area contributed by atoms with Crippen LogP contribution in [0.1, 0.15) is 28.9 Å². The summed E-state index contributed by atoms with van der Waals surface area (Å²) in [7, 11) is 0. The van der Waals surface area contributed by atoms with Crippen molar-refractivity contribution in [1.29, 1.82) is 0 Å². The van der Waals surface area contributed by atoms with Gasteiger partial charge in [0.25, 0.3) is 0 Å². The second-order valence-corrected chi connectivity index (χ2v) is 3.56. The Morgan fingerprint density at radius 2 is 2.08 bits per heavy atom. The lowest BCUT2D eigenvalue weighted by Crippen LogP contribution is -1.97. The number of carbonyl (C=O) groups excluding carboxylic acids is 1. The van der Waals surface area contributed by atoms with Crippen molar-refractivity contribution in [2.24, 2.45) is 0 Å². The molecule has 13 heavy (non-hydrogen) atoms. The van der Waals surface area contributed by atoms with Gasteiger partial charge in [-0.3, -0.25) is 9.59 Å². The highest BCUT2D eigenvalue weighted by molar-refractivity contribution is 7.14. The maximum atomic E-state index is 10.8. The summed E-state index contributed by atoms with van der Waals surface area (Å²) in [5, 5.41) is 8.44. The van der Waals surface area contributed by atoms with Crippen LogP contribution >= 0.6 is 11.3 Å². The van der Waals surface area contributed by atoms with E-state index in [0.29, 0.717) is 9.75 Å². The standard InChI is InChI=1S/C8H8O3S.CH4/c1-5(9)7-3-2-6(12-7)4-8(10)11;/h2-3H,4H2,1H3,(H,10,11);1H4. The molecule has 0 saturated carbocycles. The lowest BCUT2D eigenvalue weighted by Gasteiger charge is -1.87. The largest absolute Gasteiger partial charge is 0.481 e.